The van der Waals surface area contributed by atoms with E-state index in [2.05, 4.69) is 5.32 Å². The minimum absolute atomic E-state index is 0.0772. The van der Waals surface area contributed by atoms with E-state index >= 15 is 0 Å². The van der Waals surface area contributed by atoms with Gasteiger partial charge in [-0.15, -0.1) is 0 Å². The Morgan fingerprint density at radius 3 is 2.25 bits per heavy atom. The maximum Gasteiger partial charge on any atom is 0.340 e. The molecule has 1 N–H and O–H groups in total. The first-order chi connectivity index (χ1) is 13.2. The highest BCUT2D eigenvalue weighted by atomic mass is 32.2. The molecule has 2 aromatic carbocycles. The van der Waals surface area contributed by atoms with E-state index in [0.717, 1.165) is 5.56 Å². The third kappa shape index (κ3) is 4.98. The van der Waals surface area contributed by atoms with Gasteiger partial charge in [-0.05, 0) is 36.6 Å². The van der Waals surface area contributed by atoms with Gasteiger partial charge in [-0.3, -0.25) is 4.79 Å². The Labute approximate surface area is 165 Å². The lowest BCUT2D eigenvalue weighted by atomic mass is 10.0. The largest absolute Gasteiger partial charge is 0.449 e. The van der Waals surface area contributed by atoms with Gasteiger partial charge in [0, 0.05) is 5.69 Å². The van der Waals surface area contributed by atoms with Gasteiger partial charge in [-0.25, -0.2) is 13.2 Å². The highest BCUT2D eigenvalue weighted by molar-refractivity contribution is 7.91. The molecule has 0 bridgehead atoms. The molecule has 0 heterocycles. The second kappa shape index (κ2) is 9.01. The van der Waals surface area contributed by atoms with E-state index in [1.807, 2.05) is 32.0 Å². The third-order valence-electron chi connectivity index (χ3n) is 4.32. The number of hydrogen-bond donors (Lipinski definition) is 1. The van der Waals surface area contributed by atoms with Gasteiger partial charge in [0.25, 0.3) is 5.91 Å². The number of para-hydroxylation sites is 1. The van der Waals surface area contributed by atoms with Crippen LogP contribution in [0.25, 0.3) is 0 Å². The smallest absolute Gasteiger partial charge is 0.340 e. The predicted octanol–water partition coefficient (Wildman–Crippen LogP) is 3.79. The highest BCUT2D eigenvalue weighted by Crippen LogP contribution is 2.24. The second-order valence-electron chi connectivity index (χ2n) is 6.68. The van der Waals surface area contributed by atoms with E-state index in [0.29, 0.717) is 5.69 Å². The number of ether oxygens (including phenoxy) is 1. The summed E-state index contributed by atoms with van der Waals surface area (Å²) in [5.74, 6) is -1.27. The fourth-order valence-corrected chi connectivity index (χ4v) is 3.77. The zero-order chi connectivity index (χ0) is 20.9. The first kappa shape index (κ1) is 21.6. The van der Waals surface area contributed by atoms with Crippen LogP contribution in [0.3, 0.4) is 0 Å². The zero-order valence-corrected chi connectivity index (χ0v) is 17.2. The summed E-state index contributed by atoms with van der Waals surface area (Å²) in [6.07, 6.45) is -1.09. The number of sulfone groups is 1. The Hall–Kier alpha value is -2.67. The van der Waals surface area contributed by atoms with Crippen molar-refractivity contribution < 1.29 is 22.7 Å². The first-order valence-electron chi connectivity index (χ1n) is 9.10. The van der Waals surface area contributed by atoms with E-state index in [9.17, 15) is 18.0 Å². The summed E-state index contributed by atoms with van der Waals surface area (Å²) in [7, 11) is -3.59. The average molecular weight is 404 g/mol. The van der Waals surface area contributed by atoms with Gasteiger partial charge in [0.1, 0.15) is 0 Å². The van der Waals surface area contributed by atoms with Gasteiger partial charge in [0.2, 0.25) is 0 Å². The Morgan fingerprint density at radius 2 is 1.61 bits per heavy atom. The van der Waals surface area contributed by atoms with Gasteiger partial charge < -0.3 is 10.1 Å². The molecule has 6 nitrogen and oxygen atoms in total. The number of carbonyl (C=O) groups is 2. The fourth-order valence-electron chi connectivity index (χ4n) is 2.69. The van der Waals surface area contributed by atoms with Crippen molar-refractivity contribution in [2.24, 2.45) is 0 Å². The molecule has 0 aliphatic carbocycles. The molecule has 2 aromatic rings. The summed E-state index contributed by atoms with van der Waals surface area (Å²) in [5, 5.41) is 2.77. The zero-order valence-electron chi connectivity index (χ0n) is 16.4. The normalized spacial score (nSPS) is 12.5. The predicted molar refractivity (Wildman–Crippen MR) is 108 cm³/mol. The van der Waals surface area contributed by atoms with Gasteiger partial charge in [-0.2, -0.15) is 0 Å². The molecule has 28 heavy (non-hydrogen) atoms. The molecule has 1 amide bonds. The van der Waals surface area contributed by atoms with Crippen LogP contribution in [-0.2, 0) is 19.4 Å². The maximum atomic E-state index is 12.5. The number of esters is 1. The highest BCUT2D eigenvalue weighted by Gasteiger charge is 2.25. The van der Waals surface area contributed by atoms with Gasteiger partial charge >= 0.3 is 5.97 Å². The van der Waals surface area contributed by atoms with Crippen LogP contribution in [0.1, 0.15) is 49.5 Å². The topological polar surface area (TPSA) is 89.5 Å². The number of nitrogens with one attached hydrogen (secondary N) is 1. The summed E-state index contributed by atoms with van der Waals surface area (Å²) in [6.45, 7) is 6.97. The molecule has 7 heteroatoms. The maximum absolute atomic E-state index is 12.5. The lowest BCUT2D eigenvalue weighted by Crippen LogP contribution is -2.30. The minimum atomic E-state index is -3.59. The fraction of sp³-hybridized carbons (Fsp3) is 0.333. The number of rotatable bonds is 7. The molecule has 0 saturated carbocycles. The second-order valence-corrected chi connectivity index (χ2v) is 8.92. The summed E-state index contributed by atoms with van der Waals surface area (Å²) in [4.78, 5) is 24.9. The van der Waals surface area contributed by atoms with Crippen molar-refractivity contribution in [3.63, 3.8) is 0 Å². The van der Waals surface area contributed by atoms with Crippen molar-refractivity contribution in [3.8, 4) is 0 Å². The number of amides is 1. The van der Waals surface area contributed by atoms with E-state index < -0.39 is 27.8 Å². The van der Waals surface area contributed by atoms with Crippen LogP contribution in [0.15, 0.2) is 53.4 Å². The van der Waals surface area contributed by atoms with Crippen LogP contribution >= 0.6 is 0 Å². The van der Waals surface area contributed by atoms with Gasteiger partial charge in [0.05, 0.1) is 16.2 Å². The van der Waals surface area contributed by atoms with Crippen molar-refractivity contribution in [1.82, 2.24) is 0 Å². The van der Waals surface area contributed by atoms with E-state index in [1.54, 1.807) is 12.1 Å². The summed E-state index contributed by atoms with van der Waals surface area (Å²) in [5.41, 5.74) is 1.54. The molecule has 0 radical (unpaired) electrons. The number of hydrogen-bond acceptors (Lipinski definition) is 5. The molecule has 0 fully saturated rings. The van der Waals surface area contributed by atoms with Crippen LogP contribution in [0, 0.1) is 0 Å². The van der Waals surface area contributed by atoms with E-state index in [4.69, 9.17) is 4.74 Å². The van der Waals surface area contributed by atoms with Crippen molar-refractivity contribution in [2.75, 3.05) is 11.1 Å². The Morgan fingerprint density at radius 1 is 1.00 bits per heavy atom. The molecular weight excluding hydrogens is 378 g/mol. The van der Waals surface area contributed by atoms with E-state index in [1.165, 1.54) is 32.0 Å². The number of carbonyl (C=O) groups excluding carboxylic acids is 2. The van der Waals surface area contributed by atoms with Crippen LogP contribution < -0.4 is 5.32 Å². The van der Waals surface area contributed by atoms with Crippen LogP contribution in [0.4, 0.5) is 5.69 Å². The van der Waals surface area contributed by atoms with Crippen LogP contribution in [-0.4, -0.2) is 32.2 Å². The molecule has 0 saturated heterocycles. The quantitative estimate of drug-likeness (QED) is 0.711. The molecule has 0 aliphatic rings. The van der Waals surface area contributed by atoms with Crippen LogP contribution in [0.5, 0.6) is 0 Å². The average Bonchev–Trinajstić information content (AvgIpc) is 2.68. The first-order valence-corrected chi connectivity index (χ1v) is 10.7. The summed E-state index contributed by atoms with van der Waals surface area (Å²) in [6, 6.07) is 13.2. The molecule has 0 aliphatic heterocycles. The molecule has 0 spiro atoms. The number of benzene rings is 2. The van der Waals surface area contributed by atoms with Crippen molar-refractivity contribution in [2.45, 2.75) is 44.6 Å². The standard InChI is InChI=1S/C21H25NO5S/c1-5-28(25,26)19-13-9-7-11-17(19)21(24)27-15(4)20(23)22-18-12-8-6-10-16(18)14(2)3/h6-15H,5H2,1-4H3,(H,22,23)/t15-/m0/s1. The molecule has 2 rings (SSSR count). The summed E-state index contributed by atoms with van der Waals surface area (Å²) >= 11 is 0. The van der Waals surface area contributed by atoms with Gasteiger partial charge in [0.15, 0.2) is 15.9 Å². The Balaban J connectivity index is 2.17. The van der Waals surface area contributed by atoms with E-state index in [-0.39, 0.29) is 22.1 Å². The molecule has 1 atom stereocenters. The van der Waals surface area contributed by atoms with Gasteiger partial charge in [-0.1, -0.05) is 51.1 Å². The Kier molecular flexibility index (Phi) is 6.96. The SMILES string of the molecule is CCS(=O)(=O)c1ccccc1C(=O)O[C@@H](C)C(=O)Nc1ccccc1C(C)C. The molecule has 0 unspecified atom stereocenters. The monoisotopic (exact) mass is 403 g/mol. The lowest BCUT2D eigenvalue weighted by Gasteiger charge is -2.17. The Bertz CT molecular complexity index is 966. The number of anilines is 1. The lowest BCUT2D eigenvalue weighted by molar-refractivity contribution is -0.123. The minimum Gasteiger partial charge on any atom is -0.449 e. The van der Waals surface area contributed by atoms with Crippen molar-refractivity contribution >= 4 is 27.4 Å². The molecular formula is C21H25NO5S. The molecule has 0 aromatic heterocycles. The van der Waals surface area contributed by atoms with Crippen LogP contribution in [0.2, 0.25) is 0 Å². The van der Waals surface area contributed by atoms with Crippen molar-refractivity contribution in [1.29, 1.82) is 0 Å². The third-order valence-corrected chi connectivity index (χ3v) is 6.10. The summed E-state index contributed by atoms with van der Waals surface area (Å²) < 4.78 is 29.6. The molecule has 150 valence electrons. The van der Waals surface area contributed by atoms with Crippen molar-refractivity contribution in [3.05, 3.63) is 59.7 Å².